The molecule has 0 radical (unpaired) electrons. The highest BCUT2D eigenvalue weighted by Gasteiger charge is 2.25. The summed E-state index contributed by atoms with van der Waals surface area (Å²) in [6, 6.07) is 5.30. The number of carbonyl (C=O) groups is 1. The first-order chi connectivity index (χ1) is 9.81. The molecule has 0 unspecified atom stereocenters. The third-order valence-electron chi connectivity index (χ3n) is 2.87. The van der Waals surface area contributed by atoms with Crippen LogP contribution in [0.4, 0.5) is 4.79 Å². The summed E-state index contributed by atoms with van der Waals surface area (Å²) in [5.74, 6) is 0.345. The molecule has 0 spiro atoms. The normalized spacial score (nSPS) is 11.4. The second kappa shape index (κ2) is 6.91. The van der Waals surface area contributed by atoms with E-state index < -0.39 is 6.09 Å². The van der Waals surface area contributed by atoms with Gasteiger partial charge in [-0.1, -0.05) is 32.9 Å². The minimum Gasteiger partial charge on any atom is -0.410 e. The van der Waals surface area contributed by atoms with Crippen LogP contribution >= 0.6 is 0 Å². The first-order valence-electron chi connectivity index (χ1n) is 6.63. The fourth-order valence-corrected chi connectivity index (χ4v) is 2.11. The monoisotopic (exact) mass is 288 g/mol. The molecule has 3 N–H and O–H groups in total. The molecule has 0 aromatic heterocycles. The van der Waals surface area contributed by atoms with Crippen LogP contribution in [-0.2, 0) is 5.41 Å². The number of ether oxygens (including phenoxy) is 1. The molecular formula is C16H20N2O3. The summed E-state index contributed by atoms with van der Waals surface area (Å²) in [7, 11) is 0. The molecule has 0 fully saturated rings. The fourth-order valence-electron chi connectivity index (χ4n) is 2.11. The third kappa shape index (κ3) is 4.33. The Labute approximate surface area is 124 Å². The summed E-state index contributed by atoms with van der Waals surface area (Å²) in [5, 5.41) is 18.1. The lowest BCUT2D eigenvalue weighted by Gasteiger charge is -2.25. The quantitative estimate of drug-likeness (QED) is 0.890. The molecule has 112 valence electrons. The molecule has 5 nitrogen and oxygen atoms in total. The van der Waals surface area contributed by atoms with Crippen molar-refractivity contribution in [1.82, 2.24) is 0 Å². The molecule has 0 bridgehead atoms. The minimum absolute atomic E-state index is 0.0285. The van der Waals surface area contributed by atoms with Crippen LogP contribution in [0.25, 0.3) is 6.08 Å². The number of nitrogens with zero attached hydrogens (tertiary/aromatic N) is 1. The zero-order valence-electron chi connectivity index (χ0n) is 12.5. The Morgan fingerprint density at radius 2 is 2.14 bits per heavy atom. The van der Waals surface area contributed by atoms with E-state index in [-0.39, 0.29) is 12.0 Å². The Bertz CT molecular complexity index is 593. The van der Waals surface area contributed by atoms with Crippen LogP contribution in [0.15, 0.2) is 18.2 Å². The summed E-state index contributed by atoms with van der Waals surface area (Å²) in [5.41, 5.74) is 6.64. The Hall–Kier alpha value is -2.32. The van der Waals surface area contributed by atoms with Gasteiger partial charge in [0.1, 0.15) is 5.75 Å². The van der Waals surface area contributed by atoms with Crippen LogP contribution < -0.4 is 10.5 Å². The van der Waals surface area contributed by atoms with Gasteiger partial charge in [0.05, 0.1) is 11.6 Å². The second-order valence-electron chi connectivity index (χ2n) is 5.60. The van der Waals surface area contributed by atoms with Gasteiger partial charge in [-0.05, 0) is 29.5 Å². The molecule has 1 amide bonds. The molecule has 1 aromatic carbocycles. The average molecular weight is 288 g/mol. The molecule has 0 saturated carbocycles. The van der Waals surface area contributed by atoms with Crippen LogP contribution in [-0.4, -0.2) is 17.8 Å². The number of rotatable bonds is 4. The van der Waals surface area contributed by atoms with E-state index in [9.17, 15) is 10.1 Å². The predicted molar refractivity (Wildman–Crippen MR) is 80.8 cm³/mol. The van der Waals surface area contributed by atoms with E-state index in [1.165, 1.54) is 0 Å². The van der Waals surface area contributed by atoms with Gasteiger partial charge in [-0.25, -0.2) is 4.79 Å². The maximum atomic E-state index is 11.1. The molecule has 1 rings (SSSR count). The standard InChI is InChI=1S/C16H20N2O3/c1-16(2,3)14-12(6-4-5-9-19)11(10-17)7-8-13(14)21-15(18)20/h4,6-8,19H,5,9H2,1-3H3,(H2,18,20). The van der Waals surface area contributed by atoms with Crippen LogP contribution in [0.2, 0.25) is 0 Å². The van der Waals surface area contributed by atoms with Crippen molar-refractivity contribution in [2.45, 2.75) is 32.6 Å². The van der Waals surface area contributed by atoms with Crippen molar-refractivity contribution in [3.63, 3.8) is 0 Å². The summed E-state index contributed by atoms with van der Waals surface area (Å²) in [6.45, 7) is 5.91. The third-order valence-corrected chi connectivity index (χ3v) is 2.87. The van der Waals surface area contributed by atoms with Crippen molar-refractivity contribution in [1.29, 1.82) is 5.26 Å². The number of aliphatic hydroxyl groups excluding tert-OH is 1. The SMILES string of the molecule is CC(C)(C)c1c(OC(N)=O)ccc(C#N)c1C=CCCO. The van der Waals surface area contributed by atoms with Gasteiger partial charge in [0.25, 0.3) is 0 Å². The number of benzene rings is 1. The lowest BCUT2D eigenvalue weighted by molar-refractivity contribution is 0.210. The average Bonchev–Trinajstić information content (AvgIpc) is 2.37. The first kappa shape index (κ1) is 16.7. The molecule has 21 heavy (non-hydrogen) atoms. The summed E-state index contributed by atoms with van der Waals surface area (Å²) in [6.07, 6.45) is 3.13. The Balaban J connectivity index is 3.54. The number of aliphatic hydroxyl groups is 1. The van der Waals surface area contributed by atoms with Crippen molar-refractivity contribution >= 4 is 12.2 Å². The van der Waals surface area contributed by atoms with Crippen LogP contribution in [0.5, 0.6) is 5.75 Å². The van der Waals surface area contributed by atoms with Gasteiger partial charge < -0.3 is 15.6 Å². The number of nitriles is 1. The van der Waals surface area contributed by atoms with Gasteiger partial charge in [-0.15, -0.1) is 0 Å². The summed E-state index contributed by atoms with van der Waals surface area (Å²) in [4.78, 5) is 11.1. The number of hydrogen-bond donors (Lipinski definition) is 2. The van der Waals surface area contributed by atoms with Gasteiger partial charge in [-0.3, -0.25) is 0 Å². The van der Waals surface area contributed by atoms with E-state index in [2.05, 4.69) is 6.07 Å². The molecule has 0 aliphatic carbocycles. The van der Waals surface area contributed by atoms with Gasteiger partial charge in [-0.2, -0.15) is 5.26 Å². The lowest BCUT2D eigenvalue weighted by Crippen LogP contribution is -2.21. The molecule has 0 atom stereocenters. The predicted octanol–water partition coefficient (Wildman–Crippen LogP) is 2.71. The highest BCUT2D eigenvalue weighted by Crippen LogP contribution is 2.37. The van der Waals surface area contributed by atoms with Gasteiger partial charge in [0, 0.05) is 12.2 Å². The van der Waals surface area contributed by atoms with E-state index >= 15 is 0 Å². The second-order valence-corrected chi connectivity index (χ2v) is 5.60. The van der Waals surface area contributed by atoms with Crippen molar-refractivity contribution in [3.05, 3.63) is 34.9 Å². The lowest BCUT2D eigenvalue weighted by atomic mass is 9.81. The van der Waals surface area contributed by atoms with Crippen molar-refractivity contribution in [2.75, 3.05) is 6.61 Å². The highest BCUT2D eigenvalue weighted by molar-refractivity contribution is 5.72. The van der Waals surface area contributed by atoms with E-state index in [1.54, 1.807) is 24.3 Å². The Morgan fingerprint density at radius 1 is 1.48 bits per heavy atom. The zero-order valence-corrected chi connectivity index (χ0v) is 12.5. The number of hydrogen-bond acceptors (Lipinski definition) is 4. The molecule has 0 heterocycles. The zero-order chi connectivity index (χ0) is 16.0. The molecular weight excluding hydrogens is 268 g/mol. The summed E-state index contributed by atoms with van der Waals surface area (Å²) >= 11 is 0. The maximum Gasteiger partial charge on any atom is 0.409 e. The van der Waals surface area contributed by atoms with E-state index in [1.807, 2.05) is 20.8 Å². The smallest absolute Gasteiger partial charge is 0.409 e. The molecule has 0 aliphatic heterocycles. The molecule has 0 aliphatic rings. The Morgan fingerprint density at radius 3 is 2.62 bits per heavy atom. The Kier molecular flexibility index (Phi) is 5.51. The van der Waals surface area contributed by atoms with E-state index in [0.29, 0.717) is 23.3 Å². The van der Waals surface area contributed by atoms with E-state index in [0.717, 1.165) is 5.56 Å². The van der Waals surface area contributed by atoms with Crippen molar-refractivity contribution in [3.8, 4) is 11.8 Å². The molecule has 0 saturated heterocycles. The fraction of sp³-hybridized carbons (Fsp3) is 0.375. The molecule has 1 aromatic rings. The number of nitrogens with two attached hydrogens (primary N) is 1. The van der Waals surface area contributed by atoms with Crippen molar-refractivity contribution < 1.29 is 14.6 Å². The van der Waals surface area contributed by atoms with Crippen LogP contribution in [0.3, 0.4) is 0 Å². The van der Waals surface area contributed by atoms with Crippen LogP contribution in [0.1, 0.15) is 43.9 Å². The number of primary amides is 1. The van der Waals surface area contributed by atoms with Crippen LogP contribution in [0, 0.1) is 11.3 Å². The summed E-state index contributed by atoms with van der Waals surface area (Å²) < 4.78 is 5.06. The van der Waals surface area contributed by atoms with Gasteiger partial charge in [0.2, 0.25) is 0 Å². The number of amides is 1. The number of carbonyl (C=O) groups excluding carboxylic acids is 1. The van der Waals surface area contributed by atoms with Gasteiger partial charge >= 0.3 is 6.09 Å². The largest absolute Gasteiger partial charge is 0.410 e. The maximum absolute atomic E-state index is 11.1. The van der Waals surface area contributed by atoms with Crippen molar-refractivity contribution in [2.24, 2.45) is 5.73 Å². The highest BCUT2D eigenvalue weighted by atomic mass is 16.5. The minimum atomic E-state index is -0.893. The topological polar surface area (TPSA) is 96.3 Å². The molecule has 5 heteroatoms. The first-order valence-corrected chi connectivity index (χ1v) is 6.63. The van der Waals surface area contributed by atoms with E-state index in [4.69, 9.17) is 15.6 Å². The van der Waals surface area contributed by atoms with Gasteiger partial charge in [0.15, 0.2) is 0 Å².